The number of alkyl halides is 1. The molecule has 0 atom stereocenters. The van der Waals surface area contributed by atoms with Gasteiger partial charge in [-0.1, -0.05) is 22.0 Å². The predicted octanol–water partition coefficient (Wildman–Crippen LogP) is 2.53. The first-order valence-electron chi connectivity index (χ1n) is 5.26. The molecule has 0 aromatic carbocycles. The number of ether oxygens (including phenoxy) is 2. The van der Waals surface area contributed by atoms with Crippen molar-refractivity contribution in [1.82, 2.24) is 4.40 Å². The second-order valence-electron chi connectivity index (χ2n) is 3.80. The summed E-state index contributed by atoms with van der Waals surface area (Å²) in [5.41, 5.74) is 2.19. The third-order valence-electron chi connectivity index (χ3n) is 2.88. The smallest absolute Gasteiger partial charge is 0.220 e. The Labute approximate surface area is 102 Å². The number of halogens is 1. The SMILES string of the molecule is BrCC1(c2ccc3ccccn23)OCCO1. The maximum Gasteiger partial charge on any atom is 0.220 e. The Balaban J connectivity index is 2.17. The lowest BCUT2D eigenvalue weighted by Gasteiger charge is -2.24. The number of nitrogens with zero attached hydrogens (tertiary/aromatic N) is 1. The third kappa shape index (κ3) is 1.41. The molecule has 0 aliphatic carbocycles. The number of hydrogen-bond donors (Lipinski definition) is 0. The molecule has 2 aromatic rings. The fourth-order valence-electron chi connectivity index (χ4n) is 2.11. The lowest BCUT2D eigenvalue weighted by molar-refractivity contribution is -0.147. The van der Waals surface area contributed by atoms with Crippen LogP contribution in [0, 0.1) is 0 Å². The quantitative estimate of drug-likeness (QED) is 0.790. The lowest BCUT2D eigenvalue weighted by Crippen LogP contribution is -2.30. The van der Waals surface area contributed by atoms with Crippen LogP contribution in [0.4, 0.5) is 0 Å². The van der Waals surface area contributed by atoms with Crippen LogP contribution in [0.25, 0.3) is 5.52 Å². The van der Waals surface area contributed by atoms with Gasteiger partial charge in [-0.3, -0.25) is 0 Å². The second-order valence-corrected chi connectivity index (χ2v) is 4.36. The van der Waals surface area contributed by atoms with Gasteiger partial charge in [-0.05, 0) is 24.3 Å². The van der Waals surface area contributed by atoms with E-state index in [1.807, 2.05) is 18.3 Å². The van der Waals surface area contributed by atoms with E-state index in [9.17, 15) is 0 Å². The zero-order valence-electron chi connectivity index (χ0n) is 8.73. The highest BCUT2D eigenvalue weighted by Crippen LogP contribution is 2.34. The summed E-state index contributed by atoms with van der Waals surface area (Å²) in [5, 5.41) is 0.640. The molecule has 0 saturated carbocycles. The van der Waals surface area contributed by atoms with Gasteiger partial charge in [-0.2, -0.15) is 0 Å². The summed E-state index contributed by atoms with van der Waals surface area (Å²) in [5.74, 6) is -0.631. The van der Waals surface area contributed by atoms with Crippen LogP contribution in [0.2, 0.25) is 0 Å². The number of pyridine rings is 1. The minimum atomic E-state index is -0.631. The highest BCUT2D eigenvalue weighted by atomic mass is 79.9. The van der Waals surface area contributed by atoms with Gasteiger partial charge in [0.25, 0.3) is 0 Å². The van der Waals surface area contributed by atoms with Gasteiger partial charge in [0.15, 0.2) is 0 Å². The second kappa shape index (κ2) is 3.87. The average Bonchev–Trinajstić information content (AvgIpc) is 2.96. The van der Waals surface area contributed by atoms with Crippen LogP contribution in [-0.4, -0.2) is 22.9 Å². The van der Waals surface area contributed by atoms with Crippen molar-refractivity contribution >= 4 is 21.4 Å². The largest absolute Gasteiger partial charge is 0.342 e. The van der Waals surface area contributed by atoms with Crippen molar-refractivity contribution in [3.05, 3.63) is 42.2 Å². The standard InChI is InChI=1S/C12H12BrNO2/c13-9-12(15-7-8-16-12)11-5-4-10-3-1-2-6-14(10)11/h1-6H,7-9H2. The van der Waals surface area contributed by atoms with Gasteiger partial charge in [0.1, 0.15) is 0 Å². The molecule has 0 radical (unpaired) electrons. The van der Waals surface area contributed by atoms with Crippen molar-refractivity contribution in [2.75, 3.05) is 18.5 Å². The van der Waals surface area contributed by atoms with Crippen LogP contribution in [0.1, 0.15) is 5.69 Å². The zero-order chi connectivity index (χ0) is 11.0. The monoisotopic (exact) mass is 281 g/mol. The Bertz CT molecular complexity index is 502. The van der Waals surface area contributed by atoms with E-state index in [-0.39, 0.29) is 0 Å². The Hall–Kier alpha value is -0.840. The summed E-state index contributed by atoms with van der Waals surface area (Å²) >= 11 is 3.48. The van der Waals surface area contributed by atoms with Gasteiger partial charge < -0.3 is 13.9 Å². The van der Waals surface area contributed by atoms with E-state index < -0.39 is 5.79 Å². The van der Waals surface area contributed by atoms with Gasteiger partial charge in [0, 0.05) is 11.7 Å². The molecule has 3 nitrogen and oxygen atoms in total. The lowest BCUT2D eigenvalue weighted by atomic mass is 10.2. The first kappa shape index (κ1) is 10.3. The molecule has 4 heteroatoms. The van der Waals surface area contributed by atoms with E-state index in [1.54, 1.807) is 0 Å². The molecular weight excluding hydrogens is 270 g/mol. The van der Waals surface area contributed by atoms with Crippen LogP contribution in [0.3, 0.4) is 0 Å². The topological polar surface area (TPSA) is 22.9 Å². The van der Waals surface area contributed by atoms with Gasteiger partial charge in [0.2, 0.25) is 5.79 Å². The summed E-state index contributed by atoms with van der Waals surface area (Å²) in [4.78, 5) is 0. The average molecular weight is 282 g/mol. The van der Waals surface area contributed by atoms with Crippen molar-refractivity contribution in [2.24, 2.45) is 0 Å². The zero-order valence-corrected chi connectivity index (χ0v) is 10.3. The van der Waals surface area contributed by atoms with E-state index in [2.05, 4.69) is 38.5 Å². The Morgan fingerprint density at radius 3 is 2.75 bits per heavy atom. The van der Waals surface area contributed by atoms with E-state index in [1.165, 1.54) is 0 Å². The molecule has 16 heavy (non-hydrogen) atoms. The van der Waals surface area contributed by atoms with Crippen molar-refractivity contribution < 1.29 is 9.47 Å². The molecule has 1 saturated heterocycles. The molecule has 1 aliphatic heterocycles. The van der Waals surface area contributed by atoms with Gasteiger partial charge >= 0.3 is 0 Å². The summed E-state index contributed by atoms with van der Waals surface area (Å²) in [6.45, 7) is 1.29. The van der Waals surface area contributed by atoms with Crippen LogP contribution >= 0.6 is 15.9 Å². The summed E-state index contributed by atoms with van der Waals surface area (Å²) in [7, 11) is 0. The molecule has 1 aliphatic rings. The molecule has 0 N–H and O–H groups in total. The molecule has 3 rings (SSSR count). The molecule has 0 bridgehead atoms. The summed E-state index contributed by atoms with van der Waals surface area (Å²) in [6.07, 6.45) is 2.03. The Morgan fingerprint density at radius 1 is 1.19 bits per heavy atom. The summed E-state index contributed by atoms with van der Waals surface area (Å²) < 4.78 is 13.6. The van der Waals surface area contributed by atoms with Crippen LogP contribution < -0.4 is 0 Å². The van der Waals surface area contributed by atoms with Crippen LogP contribution in [-0.2, 0) is 15.3 Å². The molecule has 3 heterocycles. The third-order valence-corrected chi connectivity index (χ3v) is 3.62. The number of fused-ring (bicyclic) bond motifs is 1. The van der Waals surface area contributed by atoms with Crippen molar-refractivity contribution in [3.8, 4) is 0 Å². The molecule has 84 valence electrons. The van der Waals surface area contributed by atoms with E-state index in [0.29, 0.717) is 18.5 Å². The van der Waals surface area contributed by atoms with Crippen molar-refractivity contribution in [1.29, 1.82) is 0 Å². The minimum Gasteiger partial charge on any atom is -0.342 e. The van der Waals surface area contributed by atoms with Gasteiger partial charge in [0.05, 0.1) is 24.2 Å². The molecule has 1 fully saturated rings. The van der Waals surface area contributed by atoms with Crippen LogP contribution in [0.15, 0.2) is 36.5 Å². The first-order valence-corrected chi connectivity index (χ1v) is 6.38. The highest BCUT2D eigenvalue weighted by molar-refractivity contribution is 9.09. The normalized spacial score (nSPS) is 19.3. The Kier molecular flexibility index (Phi) is 2.50. The number of aromatic nitrogens is 1. The predicted molar refractivity (Wildman–Crippen MR) is 64.8 cm³/mol. The highest BCUT2D eigenvalue weighted by Gasteiger charge is 2.39. The fourth-order valence-corrected chi connectivity index (χ4v) is 2.73. The van der Waals surface area contributed by atoms with Crippen LogP contribution in [0.5, 0.6) is 0 Å². The molecule has 2 aromatic heterocycles. The molecule has 0 spiro atoms. The van der Waals surface area contributed by atoms with E-state index >= 15 is 0 Å². The van der Waals surface area contributed by atoms with E-state index in [0.717, 1.165) is 11.2 Å². The van der Waals surface area contributed by atoms with Gasteiger partial charge in [-0.25, -0.2) is 0 Å². The van der Waals surface area contributed by atoms with Gasteiger partial charge in [-0.15, -0.1) is 0 Å². The Morgan fingerprint density at radius 2 is 2.00 bits per heavy atom. The fraction of sp³-hybridized carbons (Fsp3) is 0.333. The van der Waals surface area contributed by atoms with E-state index in [4.69, 9.17) is 9.47 Å². The van der Waals surface area contributed by atoms with Crippen molar-refractivity contribution in [2.45, 2.75) is 5.79 Å². The molecule has 0 amide bonds. The maximum atomic E-state index is 5.75. The first-order chi connectivity index (χ1) is 7.86. The summed E-state index contributed by atoms with van der Waals surface area (Å²) in [6, 6.07) is 10.2. The number of rotatable bonds is 2. The molecular formula is C12H12BrNO2. The van der Waals surface area contributed by atoms with Crippen molar-refractivity contribution in [3.63, 3.8) is 0 Å². The molecule has 0 unspecified atom stereocenters. The minimum absolute atomic E-state index is 0.631. The number of hydrogen-bond acceptors (Lipinski definition) is 2. The maximum absolute atomic E-state index is 5.75.